The Labute approximate surface area is 72.9 Å². The molecule has 1 fully saturated rings. The molecule has 0 unspecified atom stereocenters. The average molecular weight is 180 g/mol. The van der Waals surface area contributed by atoms with Crippen LogP contribution in [0.15, 0.2) is 0 Å². The molecule has 11 heavy (non-hydrogen) atoms. The Balaban J connectivity index is 0.000001000. The molecule has 0 aliphatic carbocycles. The smallest absolute Gasteiger partial charge is 0.322 e. The Hall–Kier alpha value is -0.280. The molecule has 66 valence electrons. The van der Waals surface area contributed by atoms with Crippen molar-refractivity contribution in [3.8, 4) is 0 Å². The quantitative estimate of drug-likeness (QED) is 0.603. The Morgan fingerprint density at radius 2 is 2.27 bits per heavy atom. The van der Waals surface area contributed by atoms with E-state index in [1.165, 1.54) is 13.5 Å². The van der Waals surface area contributed by atoms with E-state index in [0.717, 1.165) is 19.4 Å². The van der Waals surface area contributed by atoms with Gasteiger partial charge in [0.15, 0.2) is 0 Å². The lowest BCUT2D eigenvalue weighted by atomic mass is 10.1. The van der Waals surface area contributed by atoms with Gasteiger partial charge in [-0.1, -0.05) is 6.42 Å². The van der Waals surface area contributed by atoms with Gasteiger partial charge in [-0.15, -0.1) is 12.4 Å². The molecule has 1 rings (SSSR count). The normalized spacial score (nSPS) is 23.5. The van der Waals surface area contributed by atoms with E-state index in [9.17, 15) is 4.79 Å². The fraction of sp³-hybridized carbons (Fsp3) is 0.857. The molecule has 0 aromatic carbocycles. The van der Waals surface area contributed by atoms with Crippen molar-refractivity contribution in [2.45, 2.75) is 25.3 Å². The topological polar surface area (TPSA) is 38.3 Å². The maximum atomic E-state index is 10.9. The van der Waals surface area contributed by atoms with Crippen LogP contribution in [-0.4, -0.2) is 25.7 Å². The number of carbonyl (C=O) groups is 1. The Morgan fingerprint density at radius 1 is 1.55 bits per heavy atom. The first-order chi connectivity index (χ1) is 4.84. The molecule has 1 aliphatic heterocycles. The minimum Gasteiger partial charge on any atom is -0.468 e. The van der Waals surface area contributed by atoms with Gasteiger partial charge in [-0.2, -0.15) is 0 Å². The number of ether oxygens (including phenoxy) is 1. The van der Waals surface area contributed by atoms with Gasteiger partial charge >= 0.3 is 5.97 Å². The van der Waals surface area contributed by atoms with Crippen LogP contribution in [0.1, 0.15) is 19.3 Å². The van der Waals surface area contributed by atoms with Gasteiger partial charge in [0, 0.05) is 0 Å². The molecular formula is C7H14ClNO2. The van der Waals surface area contributed by atoms with E-state index >= 15 is 0 Å². The van der Waals surface area contributed by atoms with Gasteiger partial charge in [0.2, 0.25) is 0 Å². The number of hydrogen-bond donors (Lipinski definition) is 1. The second kappa shape index (κ2) is 5.38. The van der Waals surface area contributed by atoms with Crippen molar-refractivity contribution in [1.29, 1.82) is 0 Å². The highest BCUT2D eigenvalue weighted by atomic mass is 35.5. The standard InChI is InChI=1S/C7H13NO2.ClH/c1-10-7(9)6-4-2-3-5-8-6;/h6,8H,2-5H2,1H3;1H/t6-;/m0./s1. The molecule has 0 radical (unpaired) electrons. The molecule has 0 saturated carbocycles. The van der Waals surface area contributed by atoms with Crippen LogP contribution in [0, 0.1) is 0 Å². The summed E-state index contributed by atoms with van der Waals surface area (Å²) in [6, 6.07) is -0.0428. The molecule has 1 aliphatic rings. The summed E-state index contributed by atoms with van der Waals surface area (Å²) >= 11 is 0. The van der Waals surface area contributed by atoms with Gasteiger partial charge in [-0.25, -0.2) is 0 Å². The van der Waals surface area contributed by atoms with Crippen LogP contribution in [0.3, 0.4) is 0 Å². The van der Waals surface area contributed by atoms with Crippen molar-refractivity contribution in [2.75, 3.05) is 13.7 Å². The lowest BCUT2D eigenvalue weighted by Crippen LogP contribution is -2.40. The molecule has 1 heterocycles. The van der Waals surface area contributed by atoms with E-state index in [0.29, 0.717) is 0 Å². The molecule has 0 aromatic heterocycles. The molecule has 4 heteroatoms. The molecule has 0 spiro atoms. The third-order valence-corrected chi connectivity index (χ3v) is 1.80. The summed E-state index contributed by atoms with van der Waals surface area (Å²) in [7, 11) is 1.43. The highest BCUT2D eigenvalue weighted by molar-refractivity contribution is 5.85. The number of nitrogens with one attached hydrogen (secondary N) is 1. The van der Waals surface area contributed by atoms with Crippen molar-refractivity contribution in [3.63, 3.8) is 0 Å². The van der Waals surface area contributed by atoms with Crippen LogP contribution in [-0.2, 0) is 9.53 Å². The van der Waals surface area contributed by atoms with Crippen molar-refractivity contribution in [2.24, 2.45) is 0 Å². The van der Waals surface area contributed by atoms with Crippen molar-refractivity contribution in [1.82, 2.24) is 5.32 Å². The zero-order valence-corrected chi connectivity index (χ0v) is 7.45. The minimum absolute atomic E-state index is 0. The average Bonchev–Trinajstić information content (AvgIpc) is 2.05. The SMILES string of the molecule is COC(=O)[C@@H]1CCCCN1.Cl. The highest BCUT2D eigenvalue weighted by Gasteiger charge is 2.20. The molecule has 3 nitrogen and oxygen atoms in total. The van der Waals surface area contributed by atoms with Crippen LogP contribution >= 0.6 is 12.4 Å². The van der Waals surface area contributed by atoms with Gasteiger partial charge in [0.25, 0.3) is 0 Å². The Bertz CT molecular complexity index is 124. The molecule has 0 amide bonds. The summed E-state index contributed by atoms with van der Waals surface area (Å²) in [5.74, 6) is -0.125. The number of piperidine rings is 1. The lowest BCUT2D eigenvalue weighted by molar-refractivity contribution is -0.143. The van der Waals surface area contributed by atoms with E-state index < -0.39 is 0 Å². The molecule has 1 atom stereocenters. The lowest BCUT2D eigenvalue weighted by Gasteiger charge is -2.20. The predicted octanol–water partition coefficient (Wildman–Crippen LogP) is 0.723. The zero-order chi connectivity index (χ0) is 7.40. The van der Waals surface area contributed by atoms with Crippen LogP contribution in [0.25, 0.3) is 0 Å². The van der Waals surface area contributed by atoms with Gasteiger partial charge in [0.1, 0.15) is 6.04 Å². The number of methoxy groups -OCH3 is 1. The summed E-state index contributed by atoms with van der Waals surface area (Å²) in [6.07, 6.45) is 3.23. The number of halogens is 1. The summed E-state index contributed by atoms with van der Waals surface area (Å²) < 4.78 is 4.59. The first kappa shape index (κ1) is 10.7. The van der Waals surface area contributed by atoms with Crippen LogP contribution in [0.2, 0.25) is 0 Å². The van der Waals surface area contributed by atoms with Crippen molar-refractivity contribution < 1.29 is 9.53 Å². The second-order valence-corrected chi connectivity index (χ2v) is 2.53. The monoisotopic (exact) mass is 179 g/mol. The molecule has 0 aromatic rings. The molecule has 1 saturated heterocycles. The molecular weight excluding hydrogens is 166 g/mol. The summed E-state index contributed by atoms with van der Waals surface area (Å²) in [5.41, 5.74) is 0. The van der Waals surface area contributed by atoms with Crippen LogP contribution < -0.4 is 5.32 Å². The first-order valence-electron chi connectivity index (χ1n) is 3.66. The summed E-state index contributed by atoms with van der Waals surface area (Å²) in [4.78, 5) is 10.9. The summed E-state index contributed by atoms with van der Waals surface area (Å²) in [6.45, 7) is 0.944. The van der Waals surface area contributed by atoms with E-state index in [4.69, 9.17) is 0 Å². The predicted molar refractivity (Wildman–Crippen MR) is 44.9 cm³/mol. The number of esters is 1. The zero-order valence-electron chi connectivity index (χ0n) is 6.63. The third-order valence-electron chi connectivity index (χ3n) is 1.80. The van der Waals surface area contributed by atoms with Gasteiger partial charge in [-0.05, 0) is 19.4 Å². The molecule has 0 bridgehead atoms. The van der Waals surface area contributed by atoms with Crippen LogP contribution in [0.4, 0.5) is 0 Å². The molecule has 1 N–H and O–H groups in total. The highest BCUT2D eigenvalue weighted by Crippen LogP contribution is 2.07. The minimum atomic E-state index is -0.125. The number of hydrogen-bond acceptors (Lipinski definition) is 3. The fourth-order valence-corrected chi connectivity index (χ4v) is 1.20. The second-order valence-electron chi connectivity index (χ2n) is 2.53. The Kier molecular flexibility index (Phi) is 5.24. The van der Waals surface area contributed by atoms with E-state index in [-0.39, 0.29) is 24.4 Å². The fourth-order valence-electron chi connectivity index (χ4n) is 1.20. The Morgan fingerprint density at radius 3 is 2.73 bits per heavy atom. The first-order valence-corrected chi connectivity index (χ1v) is 3.66. The van der Waals surface area contributed by atoms with Gasteiger partial charge < -0.3 is 10.1 Å². The van der Waals surface area contributed by atoms with Gasteiger partial charge in [0.05, 0.1) is 7.11 Å². The van der Waals surface area contributed by atoms with E-state index in [2.05, 4.69) is 10.1 Å². The van der Waals surface area contributed by atoms with Gasteiger partial charge in [-0.3, -0.25) is 4.79 Å². The van der Waals surface area contributed by atoms with Crippen molar-refractivity contribution >= 4 is 18.4 Å². The maximum absolute atomic E-state index is 10.9. The third kappa shape index (κ3) is 3.08. The van der Waals surface area contributed by atoms with Crippen molar-refractivity contribution in [3.05, 3.63) is 0 Å². The number of rotatable bonds is 1. The summed E-state index contributed by atoms with van der Waals surface area (Å²) in [5, 5.41) is 3.10. The largest absolute Gasteiger partial charge is 0.468 e. The van der Waals surface area contributed by atoms with Crippen LogP contribution in [0.5, 0.6) is 0 Å². The van der Waals surface area contributed by atoms with E-state index in [1.54, 1.807) is 0 Å². The van der Waals surface area contributed by atoms with E-state index in [1.807, 2.05) is 0 Å². The maximum Gasteiger partial charge on any atom is 0.322 e. The number of carbonyl (C=O) groups excluding carboxylic acids is 1.